The third-order valence-corrected chi connectivity index (χ3v) is 12.4. The minimum absolute atomic E-state index is 0.0495. The summed E-state index contributed by atoms with van der Waals surface area (Å²) in [5.41, 5.74) is 2.10. The summed E-state index contributed by atoms with van der Waals surface area (Å²) < 4.78 is 22.9. The number of benzene rings is 2. The Kier molecular flexibility index (Phi) is 7.30. The van der Waals surface area contributed by atoms with Crippen molar-refractivity contribution in [2.24, 2.45) is 5.92 Å². The maximum Gasteiger partial charge on any atom is 0.264 e. The number of likely N-dealkylation sites (N-methyl/N-ethyl adjacent to an activating group) is 1. The van der Waals surface area contributed by atoms with Gasteiger partial charge in [-0.1, -0.05) is 31.2 Å². The number of rotatable bonds is 5. The lowest BCUT2D eigenvalue weighted by Gasteiger charge is -2.37. The average molecular weight is 594 g/mol. The van der Waals surface area contributed by atoms with Crippen LogP contribution in [0.15, 0.2) is 42.5 Å². The molecule has 5 atom stereocenters. The summed E-state index contributed by atoms with van der Waals surface area (Å²) in [6, 6.07) is 13.1. The van der Waals surface area contributed by atoms with Crippen molar-refractivity contribution in [3.05, 3.63) is 59.2 Å². The van der Waals surface area contributed by atoms with E-state index in [1.807, 2.05) is 49.4 Å². The molecular formula is C32H40FN3O5Si. The molecule has 0 saturated carbocycles. The second-order valence-electron chi connectivity index (χ2n) is 12.9. The van der Waals surface area contributed by atoms with E-state index < -0.39 is 31.6 Å². The van der Waals surface area contributed by atoms with Crippen molar-refractivity contribution in [2.75, 3.05) is 30.0 Å². The number of hydrogen-bond donors (Lipinski definition) is 1. The summed E-state index contributed by atoms with van der Waals surface area (Å²) in [4.78, 5) is 45.7. The van der Waals surface area contributed by atoms with Gasteiger partial charge in [0.1, 0.15) is 0 Å². The van der Waals surface area contributed by atoms with Crippen molar-refractivity contribution in [1.82, 2.24) is 4.90 Å². The number of carbonyl (C=O) groups is 3. The van der Waals surface area contributed by atoms with E-state index in [4.69, 9.17) is 4.74 Å². The number of aliphatic hydroxyl groups is 1. The molecule has 3 amide bonds. The number of ether oxygens (including phenoxy) is 1. The van der Waals surface area contributed by atoms with E-state index >= 15 is 4.11 Å². The number of hydrogen-bond acceptors (Lipinski definition) is 5. The van der Waals surface area contributed by atoms with E-state index in [1.165, 1.54) is 0 Å². The molecule has 2 aromatic carbocycles. The normalized spacial score (nSPS) is 29.3. The van der Waals surface area contributed by atoms with Gasteiger partial charge in [-0.15, -0.1) is 0 Å². The molecule has 0 aliphatic carbocycles. The fourth-order valence-corrected chi connectivity index (χ4v) is 10.4. The van der Waals surface area contributed by atoms with Crippen molar-refractivity contribution in [2.45, 2.75) is 82.0 Å². The average Bonchev–Trinajstić information content (AvgIpc) is 3.38. The standard InChI is InChI=1S/C32H40FN3O5Si/c1-20-30(42(3,4)33)27(17-29(39)36-18-22-10-6-5-9-21(22)15-24(36)19-37)41-32(20)25-16-23(35-14-8-7-11-28(35)38)12-13-26(25)34(2)31(32)40/h5-6,9-10,12-13,16,20,24,27,30,37H,7-8,11,14-15,17-19H2,1-4H3/t20-,24+,27+,30-,32+/m1/s1. The molecule has 8 nitrogen and oxygen atoms in total. The van der Waals surface area contributed by atoms with Gasteiger partial charge >= 0.3 is 0 Å². The summed E-state index contributed by atoms with van der Waals surface area (Å²) >= 11 is 0. The first-order valence-corrected chi connectivity index (χ1v) is 18.0. The van der Waals surface area contributed by atoms with Crippen LogP contribution in [0.1, 0.15) is 49.3 Å². The van der Waals surface area contributed by atoms with Gasteiger partial charge in [0.15, 0.2) is 5.60 Å². The molecule has 2 aromatic rings. The van der Waals surface area contributed by atoms with Crippen LogP contribution in [0.4, 0.5) is 15.5 Å². The number of piperidine rings is 1. The Morgan fingerprint density at radius 2 is 1.88 bits per heavy atom. The molecule has 0 bridgehead atoms. The predicted molar refractivity (Wildman–Crippen MR) is 160 cm³/mol. The van der Waals surface area contributed by atoms with Crippen molar-refractivity contribution in [3.8, 4) is 0 Å². The lowest BCUT2D eigenvalue weighted by atomic mass is 9.82. The molecule has 2 fully saturated rings. The Morgan fingerprint density at radius 3 is 2.57 bits per heavy atom. The zero-order valence-electron chi connectivity index (χ0n) is 24.8. The Balaban J connectivity index is 1.35. The maximum atomic E-state index is 16.2. The van der Waals surface area contributed by atoms with E-state index in [2.05, 4.69) is 0 Å². The van der Waals surface area contributed by atoms with E-state index in [0.29, 0.717) is 42.9 Å². The second-order valence-corrected chi connectivity index (χ2v) is 16.7. The minimum Gasteiger partial charge on any atom is -0.394 e. The van der Waals surface area contributed by atoms with Gasteiger partial charge in [0.25, 0.3) is 5.91 Å². The number of anilines is 2. The summed E-state index contributed by atoms with van der Waals surface area (Å²) in [5.74, 6) is -0.965. The smallest absolute Gasteiger partial charge is 0.264 e. The van der Waals surface area contributed by atoms with E-state index in [1.54, 1.807) is 34.8 Å². The fraction of sp³-hybridized carbons (Fsp3) is 0.531. The number of aliphatic hydroxyl groups excluding tert-OH is 1. The largest absolute Gasteiger partial charge is 0.394 e. The zero-order chi connectivity index (χ0) is 30.0. The Bertz CT molecular complexity index is 1430. The molecule has 6 rings (SSSR count). The number of halogens is 1. The van der Waals surface area contributed by atoms with E-state index in [9.17, 15) is 19.5 Å². The molecule has 10 heteroatoms. The molecule has 224 valence electrons. The fourth-order valence-electron chi connectivity index (χ4n) is 7.92. The molecule has 0 radical (unpaired) electrons. The van der Waals surface area contributed by atoms with Crippen LogP contribution >= 0.6 is 0 Å². The van der Waals surface area contributed by atoms with Crippen LogP contribution in [0, 0.1) is 5.92 Å². The summed E-state index contributed by atoms with van der Waals surface area (Å²) in [7, 11) is -1.76. The molecule has 1 N–H and O–H groups in total. The Hall–Kier alpha value is -3.08. The van der Waals surface area contributed by atoms with Crippen molar-refractivity contribution >= 4 is 37.5 Å². The first-order chi connectivity index (χ1) is 20.0. The van der Waals surface area contributed by atoms with Crippen molar-refractivity contribution < 1.29 is 28.3 Å². The molecule has 2 saturated heterocycles. The van der Waals surface area contributed by atoms with Gasteiger partial charge in [-0.05, 0) is 61.7 Å². The van der Waals surface area contributed by atoms with E-state index in [-0.39, 0.29) is 36.8 Å². The van der Waals surface area contributed by atoms with Gasteiger partial charge < -0.3 is 28.7 Å². The third kappa shape index (κ3) is 4.50. The van der Waals surface area contributed by atoms with Gasteiger partial charge in [0.05, 0.1) is 30.9 Å². The lowest BCUT2D eigenvalue weighted by Crippen LogP contribution is -2.48. The van der Waals surface area contributed by atoms with Gasteiger partial charge in [0.2, 0.25) is 20.2 Å². The SMILES string of the molecule is C[C@@H]1[C@@H]([Si](C)(C)F)[C@H](CC(=O)N2Cc3ccccc3C[C@H]2CO)O[C@@]12C(=O)N(C)c1ccc(N3CCCCC3=O)cc12. The lowest BCUT2D eigenvalue weighted by molar-refractivity contribution is -0.150. The quantitative estimate of drug-likeness (QED) is 0.413. The first kappa shape index (κ1) is 29.0. The highest BCUT2D eigenvalue weighted by Gasteiger charge is 2.66. The van der Waals surface area contributed by atoms with Gasteiger partial charge in [0, 0.05) is 49.3 Å². The summed E-state index contributed by atoms with van der Waals surface area (Å²) in [6.07, 6.45) is 1.91. The van der Waals surface area contributed by atoms with Crippen LogP contribution in [0.25, 0.3) is 0 Å². The molecular weight excluding hydrogens is 553 g/mol. The van der Waals surface area contributed by atoms with Crippen LogP contribution in [0.5, 0.6) is 0 Å². The highest BCUT2D eigenvalue weighted by molar-refractivity contribution is 6.72. The van der Waals surface area contributed by atoms with E-state index in [0.717, 1.165) is 24.0 Å². The highest BCUT2D eigenvalue weighted by atomic mass is 28.4. The zero-order valence-corrected chi connectivity index (χ0v) is 25.8. The molecule has 4 aliphatic heterocycles. The maximum absolute atomic E-state index is 16.2. The molecule has 42 heavy (non-hydrogen) atoms. The topological polar surface area (TPSA) is 90.4 Å². The first-order valence-electron chi connectivity index (χ1n) is 15.0. The monoisotopic (exact) mass is 593 g/mol. The number of nitrogens with zero attached hydrogens (tertiary/aromatic N) is 3. The molecule has 1 spiro atoms. The molecule has 4 aliphatic rings. The van der Waals surface area contributed by atoms with Crippen LogP contribution in [0.2, 0.25) is 18.6 Å². The van der Waals surface area contributed by atoms with Gasteiger partial charge in [-0.2, -0.15) is 0 Å². The number of carbonyl (C=O) groups excluding carboxylic acids is 3. The number of amides is 3. The van der Waals surface area contributed by atoms with Crippen LogP contribution in [0.3, 0.4) is 0 Å². The van der Waals surface area contributed by atoms with Gasteiger partial charge in [-0.25, -0.2) is 0 Å². The van der Waals surface area contributed by atoms with Crippen molar-refractivity contribution in [3.63, 3.8) is 0 Å². The molecule has 0 aromatic heterocycles. The second kappa shape index (κ2) is 10.6. The Morgan fingerprint density at radius 1 is 1.14 bits per heavy atom. The van der Waals surface area contributed by atoms with Gasteiger partial charge in [-0.3, -0.25) is 14.4 Å². The van der Waals surface area contributed by atoms with Crippen LogP contribution in [-0.2, 0) is 37.7 Å². The molecule has 4 heterocycles. The highest BCUT2D eigenvalue weighted by Crippen LogP contribution is 2.60. The van der Waals surface area contributed by atoms with Crippen LogP contribution < -0.4 is 9.80 Å². The van der Waals surface area contributed by atoms with Crippen LogP contribution in [-0.4, -0.2) is 68.5 Å². The summed E-state index contributed by atoms with van der Waals surface area (Å²) in [5, 5.41) is 10.2. The van der Waals surface area contributed by atoms with Crippen molar-refractivity contribution in [1.29, 1.82) is 0 Å². The summed E-state index contributed by atoms with van der Waals surface area (Å²) in [6.45, 7) is 5.92. The minimum atomic E-state index is -3.45. The molecule has 0 unspecified atom stereocenters. The number of fused-ring (bicyclic) bond motifs is 3. The Labute approximate surface area is 247 Å². The predicted octanol–water partition coefficient (Wildman–Crippen LogP) is 4.29. The third-order valence-electron chi connectivity index (χ3n) is 9.97.